The smallest absolute Gasteiger partial charge is 0.200 e. The van der Waals surface area contributed by atoms with Gasteiger partial charge in [-0.15, -0.1) is 10.2 Å². The standard InChI is InChI=1S/C20H21N3O2S/c1-3-23-19(17-8-5-11-25-17)21-22-20(23)26-13(2)18(24)16-10-9-14-6-4-7-15(14)12-16/h5,8-13H,3-4,6-7H2,1-2H3/t13-/m0/s1. The van der Waals surface area contributed by atoms with E-state index in [0.29, 0.717) is 18.1 Å². The molecule has 4 rings (SSSR count). The summed E-state index contributed by atoms with van der Waals surface area (Å²) in [6, 6.07) is 9.83. The lowest BCUT2D eigenvalue weighted by molar-refractivity contribution is 0.0993. The number of ketones is 1. The number of carbonyl (C=O) groups excluding carboxylic acids is 1. The number of furan rings is 1. The van der Waals surface area contributed by atoms with Crippen LogP contribution in [0.5, 0.6) is 0 Å². The molecule has 1 atom stereocenters. The lowest BCUT2D eigenvalue weighted by Gasteiger charge is -2.12. The van der Waals surface area contributed by atoms with Crippen LogP contribution in [0.3, 0.4) is 0 Å². The highest BCUT2D eigenvalue weighted by molar-refractivity contribution is 8.00. The van der Waals surface area contributed by atoms with Crippen molar-refractivity contribution in [2.75, 3.05) is 0 Å². The molecule has 0 unspecified atom stereocenters. The summed E-state index contributed by atoms with van der Waals surface area (Å²) in [5.41, 5.74) is 3.50. The third-order valence-electron chi connectivity index (χ3n) is 4.81. The fourth-order valence-corrected chi connectivity index (χ4v) is 4.41. The first kappa shape index (κ1) is 17.1. The van der Waals surface area contributed by atoms with E-state index in [0.717, 1.165) is 23.6 Å². The summed E-state index contributed by atoms with van der Waals surface area (Å²) in [5, 5.41) is 9.04. The molecule has 0 aliphatic heterocycles. The Kier molecular flexibility index (Phi) is 4.68. The highest BCUT2D eigenvalue weighted by Gasteiger charge is 2.23. The summed E-state index contributed by atoms with van der Waals surface area (Å²) in [4.78, 5) is 12.9. The number of benzene rings is 1. The number of hydrogen-bond donors (Lipinski definition) is 0. The van der Waals surface area contributed by atoms with E-state index < -0.39 is 0 Å². The van der Waals surface area contributed by atoms with Crippen molar-refractivity contribution in [3.63, 3.8) is 0 Å². The van der Waals surface area contributed by atoms with Crippen LogP contribution in [0.25, 0.3) is 11.6 Å². The molecule has 6 heteroatoms. The molecule has 0 spiro atoms. The Hall–Kier alpha value is -2.34. The lowest BCUT2D eigenvalue weighted by Crippen LogP contribution is -2.15. The van der Waals surface area contributed by atoms with Gasteiger partial charge in [-0.1, -0.05) is 23.9 Å². The molecule has 5 nitrogen and oxygen atoms in total. The van der Waals surface area contributed by atoms with Gasteiger partial charge >= 0.3 is 0 Å². The van der Waals surface area contributed by atoms with E-state index in [-0.39, 0.29) is 11.0 Å². The highest BCUT2D eigenvalue weighted by Crippen LogP contribution is 2.30. The number of rotatable bonds is 6. The lowest BCUT2D eigenvalue weighted by atomic mass is 10.0. The van der Waals surface area contributed by atoms with Crippen molar-refractivity contribution in [1.82, 2.24) is 14.8 Å². The fourth-order valence-electron chi connectivity index (χ4n) is 3.42. The van der Waals surface area contributed by atoms with Gasteiger partial charge in [-0.05, 0) is 62.4 Å². The Morgan fingerprint density at radius 3 is 2.88 bits per heavy atom. The average Bonchev–Trinajstić information content (AvgIpc) is 3.39. The van der Waals surface area contributed by atoms with E-state index in [2.05, 4.69) is 22.3 Å². The minimum Gasteiger partial charge on any atom is -0.461 e. The minimum absolute atomic E-state index is 0.134. The number of thioether (sulfide) groups is 1. The number of nitrogens with zero attached hydrogens (tertiary/aromatic N) is 3. The van der Waals surface area contributed by atoms with Crippen LogP contribution in [0.15, 0.2) is 46.2 Å². The molecule has 1 aromatic carbocycles. The number of carbonyl (C=O) groups is 1. The van der Waals surface area contributed by atoms with Crippen molar-refractivity contribution in [2.24, 2.45) is 0 Å². The van der Waals surface area contributed by atoms with Gasteiger partial charge in [0.15, 0.2) is 22.5 Å². The molecule has 2 aromatic heterocycles. The highest BCUT2D eigenvalue weighted by atomic mass is 32.2. The molecule has 26 heavy (non-hydrogen) atoms. The second-order valence-electron chi connectivity index (χ2n) is 6.49. The predicted molar refractivity (Wildman–Crippen MR) is 102 cm³/mol. The Morgan fingerprint density at radius 1 is 1.27 bits per heavy atom. The normalized spacial score (nSPS) is 14.4. The quantitative estimate of drug-likeness (QED) is 0.477. The van der Waals surface area contributed by atoms with Crippen molar-refractivity contribution < 1.29 is 9.21 Å². The zero-order valence-corrected chi connectivity index (χ0v) is 15.8. The molecule has 0 saturated carbocycles. The van der Waals surface area contributed by atoms with Gasteiger partial charge in [0.25, 0.3) is 0 Å². The summed E-state index contributed by atoms with van der Waals surface area (Å²) >= 11 is 1.45. The number of aryl methyl sites for hydroxylation is 2. The molecule has 134 valence electrons. The molecule has 0 saturated heterocycles. The zero-order valence-electron chi connectivity index (χ0n) is 14.9. The van der Waals surface area contributed by atoms with Gasteiger partial charge in [-0.2, -0.15) is 0 Å². The second kappa shape index (κ2) is 7.11. The Labute approximate surface area is 156 Å². The maximum Gasteiger partial charge on any atom is 0.200 e. The van der Waals surface area contributed by atoms with Crippen LogP contribution in [-0.2, 0) is 19.4 Å². The van der Waals surface area contributed by atoms with Gasteiger partial charge in [0.1, 0.15) is 0 Å². The largest absolute Gasteiger partial charge is 0.461 e. The maximum absolute atomic E-state index is 12.9. The third-order valence-corrected chi connectivity index (χ3v) is 5.89. The molecule has 0 amide bonds. The first-order valence-corrected chi connectivity index (χ1v) is 9.85. The second-order valence-corrected chi connectivity index (χ2v) is 7.80. The minimum atomic E-state index is -0.228. The van der Waals surface area contributed by atoms with Crippen molar-refractivity contribution in [3.05, 3.63) is 53.3 Å². The van der Waals surface area contributed by atoms with Crippen LogP contribution in [0.1, 0.15) is 41.8 Å². The van der Waals surface area contributed by atoms with Crippen LogP contribution < -0.4 is 0 Å². The molecule has 0 fully saturated rings. The number of fused-ring (bicyclic) bond motifs is 1. The Bertz CT molecular complexity index is 931. The zero-order chi connectivity index (χ0) is 18.1. The Balaban J connectivity index is 1.54. The third kappa shape index (κ3) is 3.09. The van der Waals surface area contributed by atoms with Crippen molar-refractivity contribution >= 4 is 17.5 Å². The van der Waals surface area contributed by atoms with E-state index in [1.165, 1.54) is 29.3 Å². The molecule has 2 heterocycles. The molecule has 0 bridgehead atoms. The van der Waals surface area contributed by atoms with Crippen LogP contribution in [0.2, 0.25) is 0 Å². The first-order valence-electron chi connectivity index (χ1n) is 8.97. The van der Waals surface area contributed by atoms with Crippen LogP contribution in [0, 0.1) is 0 Å². The fraction of sp³-hybridized carbons (Fsp3) is 0.350. The van der Waals surface area contributed by atoms with Gasteiger partial charge in [0.05, 0.1) is 11.5 Å². The van der Waals surface area contributed by atoms with Gasteiger partial charge < -0.3 is 4.42 Å². The molecule has 1 aliphatic rings. The van der Waals surface area contributed by atoms with Crippen molar-refractivity contribution in [3.8, 4) is 11.6 Å². The van der Waals surface area contributed by atoms with Gasteiger partial charge in [0.2, 0.25) is 0 Å². The van der Waals surface area contributed by atoms with Gasteiger partial charge in [-0.25, -0.2) is 0 Å². The molecule has 1 aliphatic carbocycles. The topological polar surface area (TPSA) is 60.9 Å². The van der Waals surface area contributed by atoms with Crippen molar-refractivity contribution in [1.29, 1.82) is 0 Å². The predicted octanol–water partition coefficient (Wildman–Crippen LogP) is 4.41. The van der Waals surface area contributed by atoms with E-state index in [9.17, 15) is 4.79 Å². The average molecular weight is 367 g/mol. The first-order chi connectivity index (χ1) is 12.7. The molecule has 0 radical (unpaired) electrons. The summed E-state index contributed by atoms with van der Waals surface area (Å²) in [7, 11) is 0. The van der Waals surface area contributed by atoms with Crippen LogP contribution in [0.4, 0.5) is 0 Å². The van der Waals surface area contributed by atoms with Gasteiger partial charge in [0, 0.05) is 12.1 Å². The Morgan fingerprint density at radius 2 is 2.12 bits per heavy atom. The summed E-state index contributed by atoms with van der Waals surface area (Å²) < 4.78 is 7.42. The SMILES string of the molecule is CCn1c(S[C@@H](C)C(=O)c2ccc3c(c2)CCC3)nnc1-c1ccco1. The number of Topliss-reactive ketones (excluding diaryl/α,β-unsaturated/α-hetero) is 1. The monoisotopic (exact) mass is 367 g/mol. The summed E-state index contributed by atoms with van der Waals surface area (Å²) in [6.45, 7) is 4.68. The number of aromatic nitrogens is 3. The number of hydrogen-bond acceptors (Lipinski definition) is 5. The maximum atomic E-state index is 12.9. The molecular formula is C20H21N3O2S. The van der Waals surface area contributed by atoms with Crippen LogP contribution in [-0.4, -0.2) is 25.8 Å². The molecule has 0 N–H and O–H groups in total. The molecule has 3 aromatic rings. The van der Waals surface area contributed by atoms with E-state index in [1.54, 1.807) is 6.26 Å². The van der Waals surface area contributed by atoms with Gasteiger partial charge in [-0.3, -0.25) is 9.36 Å². The summed E-state index contributed by atoms with van der Waals surface area (Å²) in [5.74, 6) is 1.51. The van der Waals surface area contributed by atoms with Crippen molar-refractivity contribution in [2.45, 2.75) is 50.1 Å². The molecular weight excluding hydrogens is 346 g/mol. The van der Waals surface area contributed by atoms with E-state index >= 15 is 0 Å². The van der Waals surface area contributed by atoms with E-state index in [1.807, 2.05) is 36.6 Å². The summed E-state index contributed by atoms with van der Waals surface area (Å²) in [6.07, 6.45) is 5.02. The van der Waals surface area contributed by atoms with Crippen LogP contribution >= 0.6 is 11.8 Å². The van der Waals surface area contributed by atoms with E-state index in [4.69, 9.17) is 4.42 Å².